The third kappa shape index (κ3) is 3.80. The van der Waals surface area contributed by atoms with Crippen LogP contribution in [0, 0.1) is 0 Å². The van der Waals surface area contributed by atoms with Crippen molar-refractivity contribution in [2.24, 2.45) is 0 Å². The predicted molar refractivity (Wildman–Crippen MR) is 78.3 cm³/mol. The Labute approximate surface area is 125 Å². The molecule has 106 valence electrons. The molecule has 1 fully saturated rings. The van der Waals surface area contributed by atoms with Crippen LogP contribution < -0.4 is 0 Å². The highest BCUT2D eigenvalue weighted by Gasteiger charge is 2.21. The topological polar surface area (TPSA) is 37.4 Å². The van der Waals surface area contributed by atoms with Gasteiger partial charge in [0.25, 0.3) is 0 Å². The summed E-state index contributed by atoms with van der Waals surface area (Å²) in [5.74, 6) is -1.18. The van der Waals surface area contributed by atoms with Crippen LogP contribution in [0.3, 0.4) is 0 Å². The number of rotatable bonds is 4. The van der Waals surface area contributed by atoms with Gasteiger partial charge in [0.2, 0.25) is 0 Å². The summed E-state index contributed by atoms with van der Waals surface area (Å²) in [6, 6.07) is 5.52. The maximum atomic E-state index is 12.2. The molecule has 0 amide bonds. The zero-order chi connectivity index (χ0) is 19.1. The summed E-state index contributed by atoms with van der Waals surface area (Å²) in [7, 11) is -4.48. The van der Waals surface area contributed by atoms with Crippen LogP contribution in [-0.4, -0.2) is 39.1 Å². The Bertz CT molecular complexity index is 734. The molecule has 1 aliphatic rings. The third-order valence-electron chi connectivity index (χ3n) is 3.22. The molecule has 0 aromatic heterocycles. The monoisotopic (exact) mass is 287 g/mol. The van der Waals surface area contributed by atoms with Crippen molar-refractivity contribution in [3.05, 3.63) is 29.8 Å². The van der Waals surface area contributed by atoms with Gasteiger partial charge in [0, 0.05) is 21.0 Å². The van der Waals surface area contributed by atoms with E-state index in [-0.39, 0.29) is 17.9 Å². The van der Waals surface area contributed by atoms with E-state index in [9.17, 15) is 8.42 Å². The number of hydrogen-bond acceptors (Lipinski definition) is 3. The standard InChI is InChI=1S/C15H23NO2S/c1-3-9-16-10-5-7-14(12-16)13-6-4-8-15(11-13)19(2,17)18/h4,6,8,11,14H,3,5,7,9-10,12H2,1-2H3/t14-/m0/s1/i2D3,9D2,14D. The lowest BCUT2D eigenvalue weighted by molar-refractivity contribution is 0.208. The van der Waals surface area contributed by atoms with Crippen molar-refractivity contribution in [2.45, 2.75) is 37.0 Å². The molecular formula is C15H23NO2S. The molecule has 0 radical (unpaired) electrons. The third-order valence-corrected chi connectivity index (χ3v) is 4.10. The van der Waals surface area contributed by atoms with Gasteiger partial charge < -0.3 is 4.90 Å². The fourth-order valence-electron chi connectivity index (χ4n) is 2.35. The molecule has 0 aliphatic carbocycles. The van der Waals surface area contributed by atoms with Gasteiger partial charge in [-0.3, -0.25) is 0 Å². The molecule has 1 saturated heterocycles. The highest BCUT2D eigenvalue weighted by atomic mass is 32.2. The fourth-order valence-corrected chi connectivity index (χ4v) is 2.89. The second kappa shape index (κ2) is 6.06. The molecule has 1 aromatic carbocycles. The first-order valence-corrected chi connectivity index (χ1v) is 7.92. The Balaban J connectivity index is 2.40. The van der Waals surface area contributed by atoms with Gasteiger partial charge >= 0.3 is 0 Å². The lowest BCUT2D eigenvalue weighted by atomic mass is 9.90. The molecule has 0 spiro atoms. The number of hydrogen-bond donors (Lipinski definition) is 0. The van der Waals surface area contributed by atoms with Crippen molar-refractivity contribution in [1.29, 1.82) is 0 Å². The Morgan fingerprint density at radius 3 is 3.16 bits per heavy atom. The first-order chi connectivity index (χ1) is 11.3. The van der Waals surface area contributed by atoms with Crippen molar-refractivity contribution in [3.8, 4) is 0 Å². The van der Waals surface area contributed by atoms with Crippen LogP contribution in [0.4, 0.5) is 0 Å². The molecule has 0 N–H and O–H groups in total. The van der Waals surface area contributed by atoms with Gasteiger partial charge in [-0.1, -0.05) is 19.1 Å². The van der Waals surface area contributed by atoms with Gasteiger partial charge in [0.1, 0.15) is 0 Å². The average Bonchev–Trinajstić information content (AvgIpc) is 2.54. The van der Waals surface area contributed by atoms with E-state index < -0.39 is 28.4 Å². The first-order valence-electron chi connectivity index (χ1n) is 9.44. The number of piperidine rings is 1. The zero-order valence-electron chi connectivity index (χ0n) is 17.0. The molecule has 4 heteroatoms. The summed E-state index contributed by atoms with van der Waals surface area (Å²) in [4.78, 5) is 1.28. The first kappa shape index (κ1) is 8.42. The van der Waals surface area contributed by atoms with Crippen LogP contribution >= 0.6 is 0 Å². The summed E-state index contributed by atoms with van der Waals surface area (Å²) >= 11 is 0. The highest BCUT2D eigenvalue weighted by Crippen LogP contribution is 2.28. The number of likely N-dealkylation sites (tertiary alicyclic amines) is 1. The van der Waals surface area contributed by atoms with Crippen molar-refractivity contribution in [3.63, 3.8) is 0 Å². The molecular weight excluding hydrogens is 258 g/mol. The summed E-state index contributed by atoms with van der Waals surface area (Å²) < 4.78 is 70.9. The molecule has 3 nitrogen and oxygen atoms in total. The largest absolute Gasteiger partial charge is 0.303 e. The van der Waals surface area contributed by atoms with Gasteiger partial charge in [0.15, 0.2) is 9.84 Å². The van der Waals surface area contributed by atoms with Crippen LogP contribution in [0.15, 0.2) is 29.2 Å². The number of sulfone groups is 1. The summed E-state index contributed by atoms with van der Waals surface area (Å²) in [6.07, 6.45) is -1.80. The van der Waals surface area contributed by atoms with Crippen LogP contribution in [0.1, 0.15) is 45.9 Å². The van der Waals surface area contributed by atoms with E-state index in [1.807, 2.05) is 0 Å². The number of benzene rings is 1. The minimum Gasteiger partial charge on any atom is -0.303 e. The van der Waals surface area contributed by atoms with E-state index in [2.05, 4.69) is 0 Å². The minimum absolute atomic E-state index is 0.130. The van der Waals surface area contributed by atoms with Gasteiger partial charge in [-0.05, 0) is 55.9 Å². The average molecular weight is 287 g/mol. The van der Waals surface area contributed by atoms with Crippen molar-refractivity contribution in [1.82, 2.24) is 4.90 Å². The lowest BCUT2D eigenvalue weighted by Gasteiger charge is -2.32. The van der Waals surface area contributed by atoms with E-state index >= 15 is 0 Å². The van der Waals surface area contributed by atoms with E-state index in [1.165, 1.54) is 18.2 Å². The Kier molecular flexibility index (Phi) is 2.68. The molecule has 1 atom stereocenters. The summed E-state index contributed by atoms with van der Waals surface area (Å²) in [5.41, 5.74) is 0.398. The summed E-state index contributed by atoms with van der Waals surface area (Å²) in [6.45, 7) is 0.874. The van der Waals surface area contributed by atoms with E-state index in [1.54, 1.807) is 17.9 Å². The molecule has 1 aromatic rings. The maximum absolute atomic E-state index is 12.2. The minimum atomic E-state index is -4.48. The molecule has 19 heavy (non-hydrogen) atoms. The van der Waals surface area contributed by atoms with E-state index in [0.29, 0.717) is 24.9 Å². The van der Waals surface area contributed by atoms with Crippen LogP contribution in [-0.2, 0) is 9.84 Å². The quantitative estimate of drug-likeness (QED) is 0.854. The number of nitrogens with zero attached hydrogens (tertiary/aromatic N) is 1. The fraction of sp³-hybridized carbons (Fsp3) is 0.600. The maximum Gasteiger partial charge on any atom is 0.175 e. The van der Waals surface area contributed by atoms with Crippen molar-refractivity contribution in [2.75, 3.05) is 25.8 Å². The van der Waals surface area contributed by atoms with Crippen LogP contribution in [0.25, 0.3) is 0 Å². The zero-order valence-corrected chi connectivity index (χ0v) is 11.8. The Morgan fingerprint density at radius 1 is 1.58 bits per heavy atom. The molecule has 1 aliphatic heterocycles. The normalized spacial score (nSPS) is 31.4. The molecule has 1 heterocycles. The van der Waals surface area contributed by atoms with E-state index in [0.717, 1.165) is 0 Å². The van der Waals surface area contributed by atoms with Gasteiger partial charge in [0.05, 0.1) is 4.90 Å². The Hall–Kier alpha value is -0.870. The Morgan fingerprint density at radius 2 is 2.42 bits per heavy atom. The predicted octanol–water partition coefficient (Wildman–Crippen LogP) is 2.68. The second-order valence-corrected chi connectivity index (χ2v) is 6.15. The second-order valence-electron chi connectivity index (χ2n) is 4.67. The molecule has 2 rings (SSSR count). The smallest absolute Gasteiger partial charge is 0.175 e. The molecule has 0 saturated carbocycles. The van der Waals surface area contributed by atoms with E-state index in [4.69, 9.17) is 8.22 Å². The SMILES string of the molecule is [2H]C([2H])(CC)N1CCC[C@]([2H])(c2cccc(S(=O)(=O)C([2H])([2H])[2H])c2)C1. The van der Waals surface area contributed by atoms with Crippen LogP contribution in [0.2, 0.25) is 0 Å². The van der Waals surface area contributed by atoms with Gasteiger partial charge in [-0.25, -0.2) is 8.42 Å². The van der Waals surface area contributed by atoms with Gasteiger partial charge in [-0.15, -0.1) is 0 Å². The van der Waals surface area contributed by atoms with Crippen LogP contribution in [0.5, 0.6) is 0 Å². The van der Waals surface area contributed by atoms with Crippen molar-refractivity contribution >= 4 is 9.84 Å². The molecule has 0 unspecified atom stereocenters. The summed E-state index contributed by atoms with van der Waals surface area (Å²) in [5, 5.41) is 0. The molecule has 0 bridgehead atoms. The van der Waals surface area contributed by atoms with Crippen molar-refractivity contribution < 1.29 is 16.6 Å². The lowest BCUT2D eigenvalue weighted by Crippen LogP contribution is -2.34. The van der Waals surface area contributed by atoms with Gasteiger partial charge in [-0.2, -0.15) is 0 Å². The highest BCUT2D eigenvalue weighted by molar-refractivity contribution is 7.90.